The molecule has 2 aromatic rings. The number of aromatic nitrogens is 4. The average molecular weight is 257 g/mol. The Bertz CT molecular complexity index is 522. The van der Waals surface area contributed by atoms with Gasteiger partial charge in [0.15, 0.2) is 0 Å². The number of halogens is 2. The summed E-state index contributed by atoms with van der Waals surface area (Å²) >= 11 is 11.7. The van der Waals surface area contributed by atoms with Gasteiger partial charge in [0.2, 0.25) is 0 Å². The maximum atomic E-state index is 5.98. The summed E-state index contributed by atoms with van der Waals surface area (Å²) in [6.07, 6.45) is 0. The highest BCUT2D eigenvalue weighted by molar-refractivity contribution is 6.32. The summed E-state index contributed by atoms with van der Waals surface area (Å²) in [7, 11) is 0. The van der Waals surface area contributed by atoms with Crippen molar-refractivity contribution in [1.82, 2.24) is 19.7 Å². The van der Waals surface area contributed by atoms with Gasteiger partial charge in [0.05, 0.1) is 6.54 Å². The summed E-state index contributed by atoms with van der Waals surface area (Å²) in [5.41, 5.74) is 0.874. The van der Waals surface area contributed by atoms with Crippen molar-refractivity contribution in [1.29, 1.82) is 0 Å². The minimum absolute atomic E-state index is 0.389. The zero-order valence-corrected chi connectivity index (χ0v) is 10.4. The van der Waals surface area contributed by atoms with Crippen LogP contribution >= 0.6 is 23.2 Å². The van der Waals surface area contributed by atoms with Gasteiger partial charge in [0.1, 0.15) is 22.0 Å². The van der Waals surface area contributed by atoms with Crippen molar-refractivity contribution in [2.24, 2.45) is 0 Å². The molecule has 2 rings (SSSR count). The van der Waals surface area contributed by atoms with E-state index in [9.17, 15) is 0 Å². The van der Waals surface area contributed by atoms with E-state index in [1.54, 1.807) is 10.7 Å². The van der Waals surface area contributed by atoms with E-state index < -0.39 is 0 Å². The third-order valence-electron chi connectivity index (χ3n) is 2.17. The van der Waals surface area contributed by atoms with E-state index in [1.807, 2.05) is 19.9 Å². The first kappa shape index (κ1) is 11.4. The second-order valence-corrected chi connectivity index (χ2v) is 4.19. The molecule has 6 heteroatoms. The van der Waals surface area contributed by atoms with Crippen LogP contribution in [-0.2, 0) is 6.54 Å². The molecule has 0 atom stereocenters. The van der Waals surface area contributed by atoms with Crippen LogP contribution < -0.4 is 0 Å². The topological polar surface area (TPSA) is 43.6 Å². The highest BCUT2D eigenvalue weighted by atomic mass is 35.5. The van der Waals surface area contributed by atoms with Crippen molar-refractivity contribution in [3.8, 4) is 0 Å². The van der Waals surface area contributed by atoms with Gasteiger partial charge in [-0.05, 0) is 19.9 Å². The Morgan fingerprint density at radius 1 is 1.19 bits per heavy atom. The van der Waals surface area contributed by atoms with E-state index in [2.05, 4.69) is 15.1 Å². The normalized spacial score (nSPS) is 10.8. The van der Waals surface area contributed by atoms with Gasteiger partial charge in [0, 0.05) is 5.56 Å². The van der Waals surface area contributed by atoms with Crippen LogP contribution in [0.2, 0.25) is 10.3 Å². The predicted molar refractivity (Wildman–Crippen MR) is 62.9 cm³/mol. The van der Waals surface area contributed by atoms with Crippen LogP contribution in [0.4, 0.5) is 0 Å². The zero-order valence-electron chi connectivity index (χ0n) is 8.91. The fourth-order valence-corrected chi connectivity index (χ4v) is 1.84. The van der Waals surface area contributed by atoms with Crippen molar-refractivity contribution < 1.29 is 0 Å². The number of hydrogen-bond donors (Lipinski definition) is 0. The molecule has 0 bridgehead atoms. The van der Waals surface area contributed by atoms with Crippen LogP contribution in [0.1, 0.15) is 17.2 Å². The monoisotopic (exact) mass is 256 g/mol. The van der Waals surface area contributed by atoms with Crippen molar-refractivity contribution in [2.45, 2.75) is 20.4 Å². The summed E-state index contributed by atoms with van der Waals surface area (Å²) in [6, 6.07) is 3.55. The lowest BCUT2D eigenvalue weighted by Gasteiger charge is -2.05. The molecule has 0 unspecified atom stereocenters. The maximum absolute atomic E-state index is 5.98. The van der Waals surface area contributed by atoms with Crippen molar-refractivity contribution in [2.75, 3.05) is 0 Å². The molecule has 0 N–H and O–H groups in total. The maximum Gasteiger partial charge on any atom is 0.147 e. The Hall–Kier alpha value is -1.13. The van der Waals surface area contributed by atoms with Crippen LogP contribution in [0.5, 0.6) is 0 Å². The lowest BCUT2D eigenvalue weighted by atomic mass is 10.3. The average Bonchev–Trinajstić information content (AvgIpc) is 2.50. The van der Waals surface area contributed by atoms with Gasteiger partial charge in [-0.25, -0.2) is 14.6 Å². The van der Waals surface area contributed by atoms with Crippen LogP contribution in [0, 0.1) is 13.8 Å². The summed E-state index contributed by atoms with van der Waals surface area (Å²) in [5.74, 6) is 1.60. The van der Waals surface area contributed by atoms with E-state index in [0.29, 0.717) is 16.9 Å². The SMILES string of the molecule is Cc1nc(C)n(Cc2ccc(Cl)nc2Cl)n1. The summed E-state index contributed by atoms with van der Waals surface area (Å²) < 4.78 is 1.78. The van der Waals surface area contributed by atoms with E-state index in [4.69, 9.17) is 23.2 Å². The Kier molecular flexibility index (Phi) is 3.12. The number of hydrogen-bond acceptors (Lipinski definition) is 3. The first-order valence-corrected chi connectivity index (χ1v) is 5.51. The quantitative estimate of drug-likeness (QED) is 0.777. The third-order valence-corrected chi connectivity index (χ3v) is 2.71. The first-order valence-electron chi connectivity index (χ1n) is 4.75. The Labute approximate surface area is 103 Å². The number of aryl methyl sites for hydroxylation is 2. The molecule has 16 heavy (non-hydrogen) atoms. The van der Waals surface area contributed by atoms with Crippen LogP contribution in [0.15, 0.2) is 12.1 Å². The van der Waals surface area contributed by atoms with Crippen molar-refractivity contribution in [3.63, 3.8) is 0 Å². The lowest BCUT2D eigenvalue weighted by Crippen LogP contribution is -2.05. The standard InChI is InChI=1S/C10H10Cl2N4/c1-6-13-7(2)16(15-6)5-8-3-4-9(11)14-10(8)12/h3-4H,5H2,1-2H3. The number of nitrogens with zero attached hydrogens (tertiary/aromatic N) is 4. The Balaban J connectivity index is 2.30. The molecule has 0 saturated heterocycles. The molecule has 0 aromatic carbocycles. The van der Waals surface area contributed by atoms with Crippen LogP contribution in [0.25, 0.3) is 0 Å². The third kappa shape index (κ3) is 2.33. The molecule has 2 aromatic heterocycles. The van der Waals surface area contributed by atoms with E-state index in [0.717, 1.165) is 17.2 Å². The van der Waals surface area contributed by atoms with E-state index in [1.165, 1.54) is 0 Å². The van der Waals surface area contributed by atoms with Crippen molar-refractivity contribution >= 4 is 23.2 Å². The second-order valence-electron chi connectivity index (χ2n) is 3.45. The molecule has 0 aliphatic carbocycles. The molecular formula is C10H10Cl2N4. The van der Waals surface area contributed by atoms with Crippen LogP contribution in [-0.4, -0.2) is 19.7 Å². The van der Waals surface area contributed by atoms with Gasteiger partial charge in [-0.2, -0.15) is 5.10 Å². The summed E-state index contributed by atoms with van der Waals surface area (Å²) in [4.78, 5) is 8.19. The fourth-order valence-electron chi connectivity index (χ4n) is 1.43. The highest BCUT2D eigenvalue weighted by Crippen LogP contribution is 2.17. The molecule has 0 amide bonds. The molecule has 0 radical (unpaired) electrons. The Morgan fingerprint density at radius 2 is 1.94 bits per heavy atom. The predicted octanol–water partition coefficient (Wildman–Crippen LogP) is 2.65. The second kappa shape index (κ2) is 4.39. The van der Waals surface area contributed by atoms with Gasteiger partial charge in [-0.3, -0.25) is 0 Å². The van der Waals surface area contributed by atoms with Gasteiger partial charge in [0.25, 0.3) is 0 Å². The molecule has 0 aliphatic heterocycles. The van der Waals surface area contributed by atoms with Gasteiger partial charge < -0.3 is 0 Å². The number of pyridine rings is 1. The summed E-state index contributed by atoms with van der Waals surface area (Å²) in [6.45, 7) is 4.30. The minimum Gasteiger partial charge on any atom is -0.246 e. The lowest BCUT2D eigenvalue weighted by molar-refractivity contribution is 0.655. The summed E-state index contributed by atoms with van der Waals surface area (Å²) in [5, 5.41) is 5.05. The molecule has 0 spiro atoms. The zero-order chi connectivity index (χ0) is 11.7. The first-order chi connectivity index (χ1) is 7.56. The van der Waals surface area contributed by atoms with Gasteiger partial charge >= 0.3 is 0 Å². The van der Waals surface area contributed by atoms with Crippen molar-refractivity contribution in [3.05, 3.63) is 39.7 Å². The minimum atomic E-state index is 0.389. The van der Waals surface area contributed by atoms with Crippen LogP contribution in [0.3, 0.4) is 0 Å². The fraction of sp³-hybridized carbons (Fsp3) is 0.300. The molecule has 4 nitrogen and oxygen atoms in total. The molecule has 0 saturated carbocycles. The van der Waals surface area contributed by atoms with Gasteiger partial charge in [-0.1, -0.05) is 29.3 Å². The van der Waals surface area contributed by atoms with E-state index in [-0.39, 0.29) is 0 Å². The van der Waals surface area contributed by atoms with E-state index >= 15 is 0 Å². The number of rotatable bonds is 2. The molecular weight excluding hydrogens is 247 g/mol. The van der Waals surface area contributed by atoms with Gasteiger partial charge in [-0.15, -0.1) is 0 Å². The molecule has 84 valence electrons. The molecule has 0 aliphatic rings. The molecule has 2 heterocycles. The smallest absolute Gasteiger partial charge is 0.147 e. The Morgan fingerprint density at radius 3 is 2.50 bits per heavy atom. The molecule has 0 fully saturated rings. The highest BCUT2D eigenvalue weighted by Gasteiger charge is 2.07. The largest absolute Gasteiger partial charge is 0.246 e.